The molecule has 4 rings (SSSR count). The number of aliphatic hydroxyl groups is 1. The first-order chi connectivity index (χ1) is 11.6. The lowest BCUT2D eigenvalue weighted by Crippen LogP contribution is -2.55. The Morgan fingerprint density at radius 3 is 2.71 bits per heavy atom. The van der Waals surface area contributed by atoms with Crippen LogP contribution >= 0.6 is 15.9 Å². The molecule has 2 fully saturated rings. The second-order valence-corrected chi connectivity index (χ2v) is 7.63. The fourth-order valence-electron chi connectivity index (χ4n) is 3.57. The zero-order chi connectivity index (χ0) is 16.7. The Morgan fingerprint density at radius 2 is 2.00 bits per heavy atom. The Kier molecular flexibility index (Phi) is 4.11. The monoisotopic (exact) mass is 389 g/mol. The molecule has 4 nitrogen and oxygen atoms in total. The van der Waals surface area contributed by atoms with Crippen LogP contribution in [0.5, 0.6) is 0 Å². The highest BCUT2D eigenvalue weighted by Gasteiger charge is 2.53. The molecule has 2 aromatic carbocycles. The van der Waals surface area contributed by atoms with Gasteiger partial charge in [0.1, 0.15) is 0 Å². The number of hydrogen-bond donors (Lipinski definition) is 1. The molecule has 2 aromatic rings. The minimum Gasteiger partial charge on any atom is -0.394 e. The van der Waals surface area contributed by atoms with Gasteiger partial charge in [-0.1, -0.05) is 46.3 Å². The van der Waals surface area contributed by atoms with E-state index in [0.29, 0.717) is 19.6 Å². The van der Waals surface area contributed by atoms with E-state index in [-0.39, 0.29) is 24.2 Å². The van der Waals surface area contributed by atoms with Crippen molar-refractivity contribution in [3.63, 3.8) is 0 Å². The molecule has 1 saturated carbocycles. The molecule has 126 valence electrons. The summed E-state index contributed by atoms with van der Waals surface area (Å²) in [6.07, 6.45) is 2.12. The minimum absolute atomic E-state index is 0.0406. The summed E-state index contributed by atoms with van der Waals surface area (Å²) in [5.41, 5.74) is 0.926. The number of aliphatic hydroxyl groups excluding tert-OH is 1. The molecule has 1 amide bonds. The highest BCUT2D eigenvalue weighted by Crippen LogP contribution is 2.45. The number of rotatable bonds is 3. The summed E-state index contributed by atoms with van der Waals surface area (Å²) in [4.78, 5) is 14.9. The minimum atomic E-state index is -0.262. The van der Waals surface area contributed by atoms with Crippen molar-refractivity contribution < 1.29 is 14.6 Å². The van der Waals surface area contributed by atoms with Crippen LogP contribution in [0.3, 0.4) is 0 Å². The maximum atomic E-state index is 13.0. The van der Waals surface area contributed by atoms with E-state index in [1.54, 1.807) is 0 Å². The molecular weight excluding hydrogens is 370 g/mol. The van der Waals surface area contributed by atoms with E-state index in [4.69, 9.17) is 4.74 Å². The molecule has 1 aliphatic heterocycles. The normalized spacial score (nSPS) is 22.1. The lowest BCUT2D eigenvalue weighted by molar-refractivity contribution is -0.149. The van der Waals surface area contributed by atoms with Gasteiger partial charge in [-0.25, -0.2) is 0 Å². The predicted molar refractivity (Wildman–Crippen MR) is 95.9 cm³/mol. The van der Waals surface area contributed by atoms with E-state index < -0.39 is 0 Å². The van der Waals surface area contributed by atoms with Crippen LogP contribution < -0.4 is 0 Å². The largest absolute Gasteiger partial charge is 0.394 e. The average Bonchev–Trinajstić information content (AvgIpc) is 3.38. The molecule has 1 spiro atoms. The fraction of sp³-hybridized carbons (Fsp3) is 0.421. The topological polar surface area (TPSA) is 49.8 Å². The van der Waals surface area contributed by atoms with Crippen molar-refractivity contribution >= 4 is 32.6 Å². The van der Waals surface area contributed by atoms with Crippen LogP contribution in [0.1, 0.15) is 18.4 Å². The van der Waals surface area contributed by atoms with Gasteiger partial charge in [0.25, 0.3) is 0 Å². The van der Waals surface area contributed by atoms with E-state index in [0.717, 1.165) is 33.7 Å². The van der Waals surface area contributed by atoms with Gasteiger partial charge < -0.3 is 14.7 Å². The van der Waals surface area contributed by atoms with Crippen LogP contribution in [-0.2, 0) is 16.0 Å². The number of hydrogen-bond acceptors (Lipinski definition) is 3. The smallest absolute Gasteiger partial charge is 0.227 e. The number of ether oxygens (including phenoxy) is 1. The maximum Gasteiger partial charge on any atom is 0.227 e. The predicted octanol–water partition coefficient (Wildman–Crippen LogP) is 2.90. The first-order valence-electron chi connectivity index (χ1n) is 8.32. The van der Waals surface area contributed by atoms with Gasteiger partial charge in [-0.15, -0.1) is 0 Å². The number of fused-ring (bicyclic) bond motifs is 1. The number of halogens is 1. The second kappa shape index (κ2) is 6.14. The van der Waals surface area contributed by atoms with Crippen LogP contribution in [0.2, 0.25) is 0 Å². The molecule has 1 saturated heterocycles. The molecule has 24 heavy (non-hydrogen) atoms. The van der Waals surface area contributed by atoms with E-state index >= 15 is 0 Å². The number of carbonyl (C=O) groups excluding carboxylic acids is 1. The van der Waals surface area contributed by atoms with Crippen molar-refractivity contribution in [2.45, 2.75) is 30.9 Å². The van der Waals surface area contributed by atoms with E-state index in [1.807, 2.05) is 29.2 Å². The molecule has 1 atom stereocenters. The van der Waals surface area contributed by atoms with Crippen LogP contribution in [0.25, 0.3) is 10.8 Å². The van der Waals surface area contributed by atoms with Crippen molar-refractivity contribution in [1.29, 1.82) is 0 Å². The van der Waals surface area contributed by atoms with Crippen molar-refractivity contribution in [2.75, 3.05) is 19.8 Å². The highest BCUT2D eigenvalue weighted by molar-refractivity contribution is 9.10. The fourth-order valence-corrected chi connectivity index (χ4v) is 4.05. The summed E-state index contributed by atoms with van der Waals surface area (Å²) in [6, 6.07) is 12.2. The summed E-state index contributed by atoms with van der Waals surface area (Å²) >= 11 is 3.58. The Balaban J connectivity index is 1.61. The molecule has 1 aliphatic carbocycles. The quantitative estimate of drug-likeness (QED) is 0.877. The zero-order valence-corrected chi connectivity index (χ0v) is 15.0. The van der Waals surface area contributed by atoms with Crippen molar-refractivity contribution in [3.05, 3.63) is 46.4 Å². The molecule has 1 unspecified atom stereocenters. The molecule has 0 radical (unpaired) electrons. The number of nitrogens with zero attached hydrogens (tertiary/aromatic N) is 1. The van der Waals surface area contributed by atoms with Crippen LogP contribution in [-0.4, -0.2) is 47.3 Å². The molecule has 2 aliphatic rings. The van der Waals surface area contributed by atoms with Crippen LogP contribution in [0.4, 0.5) is 0 Å². The van der Waals surface area contributed by atoms with Crippen molar-refractivity contribution in [1.82, 2.24) is 4.90 Å². The van der Waals surface area contributed by atoms with Gasteiger partial charge in [-0.05, 0) is 35.2 Å². The summed E-state index contributed by atoms with van der Waals surface area (Å²) in [5.74, 6) is 0.127. The Bertz CT molecular complexity index is 787. The van der Waals surface area contributed by atoms with Crippen LogP contribution in [0, 0.1) is 0 Å². The maximum absolute atomic E-state index is 13.0. The molecule has 1 heterocycles. The van der Waals surface area contributed by atoms with Crippen molar-refractivity contribution in [3.8, 4) is 0 Å². The Morgan fingerprint density at radius 1 is 1.25 bits per heavy atom. The van der Waals surface area contributed by atoms with Crippen LogP contribution in [0.15, 0.2) is 40.9 Å². The third-order valence-corrected chi connectivity index (χ3v) is 5.87. The van der Waals surface area contributed by atoms with Gasteiger partial charge in [0.2, 0.25) is 5.91 Å². The summed E-state index contributed by atoms with van der Waals surface area (Å²) in [7, 11) is 0. The summed E-state index contributed by atoms with van der Waals surface area (Å²) in [6.45, 7) is 0.996. The third-order valence-electron chi connectivity index (χ3n) is 5.18. The van der Waals surface area contributed by atoms with Gasteiger partial charge in [0, 0.05) is 11.0 Å². The van der Waals surface area contributed by atoms with Gasteiger partial charge in [-0.3, -0.25) is 4.79 Å². The number of amides is 1. The van der Waals surface area contributed by atoms with Gasteiger partial charge in [-0.2, -0.15) is 0 Å². The van der Waals surface area contributed by atoms with Gasteiger partial charge in [0.15, 0.2) is 0 Å². The lowest BCUT2D eigenvalue weighted by atomic mass is 10.0. The lowest BCUT2D eigenvalue weighted by Gasteiger charge is -2.40. The number of benzene rings is 2. The molecule has 1 N–H and O–H groups in total. The number of carbonyl (C=O) groups is 1. The Labute approximate surface area is 149 Å². The second-order valence-electron chi connectivity index (χ2n) is 6.77. The third kappa shape index (κ3) is 2.75. The van der Waals surface area contributed by atoms with E-state index in [2.05, 4.69) is 28.1 Å². The van der Waals surface area contributed by atoms with E-state index in [1.165, 1.54) is 0 Å². The standard InChI is InChI=1S/C19H20BrNO3/c20-17-6-5-13(15-3-1-2-4-16(15)17)9-18(23)21-10-14(11-22)24-12-19(21)7-8-19/h1-6,14,22H,7-12H2. The van der Waals surface area contributed by atoms with Gasteiger partial charge >= 0.3 is 0 Å². The molecule has 0 aromatic heterocycles. The summed E-state index contributed by atoms with van der Waals surface area (Å²) < 4.78 is 6.71. The van der Waals surface area contributed by atoms with Gasteiger partial charge in [0.05, 0.1) is 31.3 Å². The first kappa shape index (κ1) is 16.1. The van der Waals surface area contributed by atoms with E-state index in [9.17, 15) is 9.90 Å². The number of morpholine rings is 1. The van der Waals surface area contributed by atoms with Crippen molar-refractivity contribution in [2.24, 2.45) is 0 Å². The SMILES string of the molecule is O=C(Cc1ccc(Br)c2ccccc12)N1CC(CO)OCC12CC2. The molecule has 5 heteroatoms. The average molecular weight is 390 g/mol. The summed E-state index contributed by atoms with van der Waals surface area (Å²) in [5, 5.41) is 11.6. The first-order valence-corrected chi connectivity index (χ1v) is 9.11. The molecular formula is C19H20BrNO3. The Hall–Kier alpha value is -1.43. The zero-order valence-electron chi connectivity index (χ0n) is 13.4. The molecule has 0 bridgehead atoms. The highest BCUT2D eigenvalue weighted by atomic mass is 79.9.